The van der Waals surface area contributed by atoms with Crippen molar-refractivity contribution in [3.8, 4) is 11.3 Å². The van der Waals surface area contributed by atoms with Crippen molar-refractivity contribution in [2.45, 2.75) is 107 Å². The van der Waals surface area contributed by atoms with Gasteiger partial charge in [-0.2, -0.15) is 0 Å². The molecule has 1 radical (unpaired) electrons. The Morgan fingerprint density at radius 3 is 2.20 bits per heavy atom. The number of allylic oxidation sites excluding steroid dienone is 2. The van der Waals surface area contributed by atoms with Crippen molar-refractivity contribution < 1.29 is 34.4 Å². The molecule has 0 atom stereocenters. The predicted octanol–water partition coefficient (Wildman–Crippen LogP) is 11.9. The van der Waals surface area contributed by atoms with Crippen LogP contribution in [0.2, 0.25) is 19.6 Å². The molecule has 0 bridgehead atoms. The molecule has 0 unspecified atom stereocenters. The quantitative estimate of drug-likeness (QED) is 0.0622. The van der Waals surface area contributed by atoms with Crippen LogP contribution in [0.25, 0.3) is 44.1 Å². The molecule has 4 nitrogen and oxygen atoms in total. The zero-order chi connectivity index (χ0) is 35.4. The molecule has 0 spiro atoms. The van der Waals surface area contributed by atoms with Gasteiger partial charge in [0.15, 0.2) is 5.78 Å². The second-order valence-corrected chi connectivity index (χ2v) is 20.2. The molecule has 0 saturated heterocycles. The van der Waals surface area contributed by atoms with Crippen LogP contribution in [-0.2, 0) is 31.3 Å². The topological polar surface area (TPSA) is 63.3 Å². The number of carbonyl (C=O) groups excluding carboxylic acids is 1. The van der Waals surface area contributed by atoms with Crippen LogP contribution in [0.1, 0.15) is 85.3 Å². The van der Waals surface area contributed by atoms with Gasteiger partial charge in [-0.1, -0.05) is 128 Å². The monoisotopic (exact) mass is 855 g/mol. The van der Waals surface area contributed by atoms with E-state index in [1.807, 2.05) is 46.8 Å². The summed E-state index contributed by atoms with van der Waals surface area (Å²) >= 11 is 0. The van der Waals surface area contributed by atoms with E-state index < -0.39 is 8.07 Å². The van der Waals surface area contributed by atoms with Gasteiger partial charge < -0.3 is 9.52 Å². The van der Waals surface area contributed by atoms with Crippen molar-refractivity contribution in [3.63, 3.8) is 0 Å². The van der Waals surface area contributed by atoms with Gasteiger partial charge in [-0.3, -0.25) is 9.78 Å². The number of aliphatic hydroxyl groups excluding tert-OH is 1. The molecule has 0 saturated carbocycles. The first-order valence-corrected chi connectivity index (χ1v) is 21.4. The Kier molecular flexibility index (Phi) is 13.8. The number of nitrogens with zero attached hydrogens (tertiary/aromatic N) is 1. The van der Waals surface area contributed by atoms with Crippen LogP contribution in [0.5, 0.6) is 0 Å². The van der Waals surface area contributed by atoms with Crippen molar-refractivity contribution in [1.29, 1.82) is 0 Å². The Morgan fingerprint density at radius 1 is 0.959 bits per heavy atom. The molecule has 0 amide bonds. The van der Waals surface area contributed by atoms with E-state index in [0.29, 0.717) is 5.92 Å². The summed E-state index contributed by atoms with van der Waals surface area (Å²) in [6.45, 7) is 23.9. The molecule has 0 fully saturated rings. The molecular formula is C43H56IrNO3Si-. The van der Waals surface area contributed by atoms with Crippen LogP contribution in [0.3, 0.4) is 0 Å². The second-order valence-electron chi connectivity index (χ2n) is 15.1. The van der Waals surface area contributed by atoms with E-state index in [1.165, 1.54) is 22.2 Å². The van der Waals surface area contributed by atoms with E-state index in [9.17, 15) is 9.90 Å². The number of carbonyl (C=O) groups is 1. The molecule has 0 aliphatic rings. The number of fused-ring (bicyclic) bond motifs is 4. The largest absolute Gasteiger partial charge is 0.512 e. The van der Waals surface area contributed by atoms with E-state index in [0.717, 1.165) is 76.4 Å². The summed E-state index contributed by atoms with van der Waals surface area (Å²) in [5.41, 5.74) is 6.88. The van der Waals surface area contributed by atoms with Gasteiger partial charge in [0.2, 0.25) is 0 Å². The van der Waals surface area contributed by atoms with Crippen LogP contribution in [0, 0.1) is 30.2 Å². The van der Waals surface area contributed by atoms with Crippen molar-refractivity contribution in [2.75, 3.05) is 0 Å². The van der Waals surface area contributed by atoms with Crippen molar-refractivity contribution in [3.05, 3.63) is 83.6 Å². The van der Waals surface area contributed by atoms with Gasteiger partial charge in [0, 0.05) is 48.3 Å². The van der Waals surface area contributed by atoms with Crippen LogP contribution in [0.15, 0.2) is 70.8 Å². The number of hydrogen-bond donors (Lipinski definition) is 1. The molecule has 2 heterocycles. The minimum Gasteiger partial charge on any atom is -0.512 e. The van der Waals surface area contributed by atoms with E-state index in [1.54, 1.807) is 0 Å². The maximum absolute atomic E-state index is 12.0. The maximum atomic E-state index is 12.0. The summed E-state index contributed by atoms with van der Waals surface area (Å²) < 4.78 is 6.32. The summed E-state index contributed by atoms with van der Waals surface area (Å²) in [6, 6.07) is 23.1. The average molecular weight is 855 g/mol. The SMILES string of the molecule is CCC(CC)/C(O)=C/C(=O)C(C)(CC)CC.Cc1[c-]c(-c2cc(CC(C)C)c3cc([Si](C)(C)C)ccc3n2)c2oc3ccccc3c2c1.[Ir]. The Bertz CT molecular complexity index is 1920. The number of pyridine rings is 1. The van der Waals surface area contributed by atoms with Gasteiger partial charge in [-0.25, -0.2) is 0 Å². The number of ketones is 1. The van der Waals surface area contributed by atoms with Gasteiger partial charge in [0.05, 0.1) is 24.9 Å². The maximum Gasteiger partial charge on any atom is 0.164 e. The summed E-state index contributed by atoms with van der Waals surface area (Å²) in [7, 11) is -1.40. The molecule has 265 valence electrons. The van der Waals surface area contributed by atoms with Crippen LogP contribution >= 0.6 is 0 Å². The minimum absolute atomic E-state index is 0. The number of benzene rings is 3. The van der Waals surface area contributed by atoms with Gasteiger partial charge in [-0.15, -0.1) is 17.7 Å². The zero-order valence-corrected chi connectivity index (χ0v) is 34.9. The van der Waals surface area contributed by atoms with Gasteiger partial charge in [-0.05, 0) is 61.4 Å². The standard InChI is InChI=1S/C29H30NOSi.C14H26O2.Ir/c1-18(2)13-20-16-27(30-26-12-11-21(17-23(20)26)32(4,5)6)25-15-19(3)14-24-22-9-7-8-10-28(22)31-29(24)25;1-6-11(7-2)12(15)10-13(16)14(5,8-3)9-4;/h7-12,14,16-18H,13H2,1-6H3;10-11,15H,6-9H2,1-5H3;/q-1;;/b;12-10-;. The van der Waals surface area contributed by atoms with E-state index >= 15 is 0 Å². The fraction of sp³-hybridized carbons (Fsp3) is 0.442. The summed E-state index contributed by atoms with van der Waals surface area (Å²) in [5, 5.41) is 14.9. The molecule has 6 heteroatoms. The Labute approximate surface area is 309 Å². The first-order chi connectivity index (χ1) is 22.6. The third kappa shape index (κ3) is 9.20. The van der Waals surface area contributed by atoms with E-state index in [-0.39, 0.29) is 43.0 Å². The van der Waals surface area contributed by atoms with Gasteiger partial charge in [0.25, 0.3) is 0 Å². The molecule has 3 aromatic carbocycles. The molecular weight excluding hydrogens is 799 g/mol. The van der Waals surface area contributed by atoms with Crippen molar-refractivity contribution >= 4 is 51.9 Å². The number of hydrogen-bond acceptors (Lipinski definition) is 4. The summed E-state index contributed by atoms with van der Waals surface area (Å²) in [6.07, 6.45) is 5.85. The van der Waals surface area contributed by atoms with Crippen LogP contribution in [0.4, 0.5) is 0 Å². The number of rotatable bonds is 11. The van der Waals surface area contributed by atoms with Crippen LogP contribution in [-0.4, -0.2) is 23.9 Å². The first kappa shape index (κ1) is 40.4. The number of furan rings is 1. The Hall–Kier alpha value is -3.05. The molecule has 49 heavy (non-hydrogen) atoms. The molecule has 2 aromatic heterocycles. The molecule has 5 aromatic rings. The zero-order valence-electron chi connectivity index (χ0n) is 31.5. The Morgan fingerprint density at radius 2 is 1.61 bits per heavy atom. The van der Waals surface area contributed by atoms with Crippen molar-refractivity contribution in [2.24, 2.45) is 17.3 Å². The predicted molar refractivity (Wildman–Crippen MR) is 208 cm³/mol. The normalized spacial score (nSPS) is 12.5. The molecule has 5 rings (SSSR count). The minimum atomic E-state index is -1.40. The Balaban J connectivity index is 0.000000328. The van der Waals surface area contributed by atoms with Gasteiger partial charge >= 0.3 is 0 Å². The smallest absolute Gasteiger partial charge is 0.164 e. The van der Waals surface area contributed by atoms with E-state index in [2.05, 4.69) is 88.9 Å². The molecule has 0 aliphatic carbocycles. The fourth-order valence-electron chi connectivity index (χ4n) is 6.31. The average Bonchev–Trinajstić information content (AvgIpc) is 3.42. The first-order valence-electron chi connectivity index (χ1n) is 17.9. The third-order valence-corrected chi connectivity index (χ3v) is 12.1. The van der Waals surface area contributed by atoms with Crippen molar-refractivity contribution in [1.82, 2.24) is 4.98 Å². The summed E-state index contributed by atoms with van der Waals surface area (Å²) in [4.78, 5) is 17.2. The molecule has 0 aliphatic heterocycles. The number of aliphatic hydroxyl groups is 1. The number of aromatic nitrogens is 1. The second kappa shape index (κ2) is 16.8. The fourth-order valence-corrected chi connectivity index (χ4v) is 7.47. The third-order valence-electron chi connectivity index (χ3n) is 10.0. The van der Waals surface area contributed by atoms with Crippen LogP contribution < -0.4 is 5.19 Å². The number of aryl methyl sites for hydroxylation is 1. The summed E-state index contributed by atoms with van der Waals surface area (Å²) in [5.74, 6) is 1.00. The van der Waals surface area contributed by atoms with E-state index in [4.69, 9.17) is 9.40 Å². The van der Waals surface area contributed by atoms with Gasteiger partial charge in [0.1, 0.15) is 5.58 Å². The number of para-hydroxylation sites is 1. The molecule has 1 N–H and O–H groups in total.